The SMILES string of the molecule is C[SH](C)c1c2c(c(Br)c3c1CCC3)CCC2. The molecule has 1 aromatic carbocycles. The molecule has 2 aliphatic rings. The monoisotopic (exact) mass is 298 g/mol. The van der Waals surface area contributed by atoms with Crippen LogP contribution >= 0.6 is 26.8 Å². The van der Waals surface area contributed by atoms with E-state index in [0.29, 0.717) is 0 Å². The topological polar surface area (TPSA) is 0 Å². The second-order valence-electron chi connectivity index (χ2n) is 5.18. The lowest BCUT2D eigenvalue weighted by molar-refractivity contribution is 0.884. The van der Waals surface area contributed by atoms with Gasteiger partial charge in [0, 0.05) is 4.47 Å². The molecule has 0 saturated carbocycles. The van der Waals surface area contributed by atoms with Crippen molar-refractivity contribution in [2.24, 2.45) is 0 Å². The molecule has 0 amide bonds. The summed E-state index contributed by atoms with van der Waals surface area (Å²) in [4.78, 5) is 1.78. The first kappa shape index (κ1) is 11.2. The molecule has 0 fully saturated rings. The highest BCUT2D eigenvalue weighted by Gasteiger charge is 2.27. The van der Waals surface area contributed by atoms with Crippen LogP contribution in [0.4, 0.5) is 0 Å². The molecular weight excluding hydrogens is 280 g/mol. The first-order chi connectivity index (χ1) is 7.70. The molecule has 3 rings (SSSR count). The first-order valence-corrected chi connectivity index (χ1v) is 9.25. The van der Waals surface area contributed by atoms with Crippen molar-refractivity contribution < 1.29 is 0 Å². The van der Waals surface area contributed by atoms with Crippen molar-refractivity contribution in [3.05, 3.63) is 26.7 Å². The number of rotatable bonds is 1. The van der Waals surface area contributed by atoms with Crippen LogP contribution in [0.3, 0.4) is 0 Å². The quantitative estimate of drug-likeness (QED) is 0.743. The molecule has 0 atom stereocenters. The largest absolute Gasteiger partial charge is 0.232 e. The molecular formula is C14H19BrS. The van der Waals surface area contributed by atoms with Gasteiger partial charge in [0.25, 0.3) is 0 Å². The Morgan fingerprint density at radius 2 is 1.25 bits per heavy atom. The molecule has 0 radical (unpaired) electrons. The van der Waals surface area contributed by atoms with Crippen LogP contribution in [0.25, 0.3) is 0 Å². The molecule has 0 aliphatic heterocycles. The predicted molar refractivity (Wildman–Crippen MR) is 77.3 cm³/mol. The van der Waals surface area contributed by atoms with Crippen LogP contribution in [-0.4, -0.2) is 12.5 Å². The third-order valence-corrected chi connectivity index (χ3v) is 6.38. The Balaban J connectivity index is 2.31. The molecule has 1 aromatic rings. The van der Waals surface area contributed by atoms with Crippen molar-refractivity contribution in [3.63, 3.8) is 0 Å². The highest BCUT2D eigenvalue weighted by molar-refractivity contribution is 9.10. The average molecular weight is 299 g/mol. The smallest absolute Gasteiger partial charge is 0.0245 e. The minimum absolute atomic E-state index is 0.0656. The van der Waals surface area contributed by atoms with Crippen LogP contribution < -0.4 is 0 Å². The van der Waals surface area contributed by atoms with Gasteiger partial charge in [-0.05, 0) is 78.2 Å². The molecule has 0 N–H and O–H groups in total. The van der Waals surface area contributed by atoms with Gasteiger partial charge in [-0.15, -0.1) is 0 Å². The van der Waals surface area contributed by atoms with E-state index in [-0.39, 0.29) is 10.9 Å². The van der Waals surface area contributed by atoms with Crippen molar-refractivity contribution in [1.82, 2.24) is 0 Å². The molecule has 0 heterocycles. The molecule has 0 nitrogen and oxygen atoms in total. The number of fused-ring (bicyclic) bond motifs is 2. The van der Waals surface area contributed by atoms with Crippen LogP contribution in [0.2, 0.25) is 0 Å². The van der Waals surface area contributed by atoms with Gasteiger partial charge in [-0.3, -0.25) is 0 Å². The summed E-state index contributed by atoms with van der Waals surface area (Å²) in [6.07, 6.45) is 12.9. The fraction of sp³-hybridized carbons (Fsp3) is 0.571. The lowest BCUT2D eigenvalue weighted by Crippen LogP contribution is -1.99. The number of hydrogen-bond acceptors (Lipinski definition) is 0. The fourth-order valence-corrected chi connectivity index (χ4v) is 5.85. The highest BCUT2D eigenvalue weighted by Crippen LogP contribution is 2.48. The van der Waals surface area contributed by atoms with Crippen molar-refractivity contribution in [3.8, 4) is 0 Å². The van der Waals surface area contributed by atoms with E-state index in [1.807, 2.05) is 0 Å². The average Bonchev–Trinajstić information content (AvgIpc) is 2.84. The number of hydrogen-bond donors (Lipinski definition) is 1. The summed E-state index contributed by atoms with van der Waals surface area (Å²) in [6, 6.07) is 0. The zero-order chi connectivity index (χ0) is 11.3. The van der Waals surface area contributed by atoms with E-state index in [9.17, 15) is 0 Å². The number of halogens is 1. The van der Waals surface area contributed by atoms with Gasteiger partial charge in [0.1, 0.15) is 0 Å². The molecule has 88 valence electrons. The van der Waals surface area contributed by atoms with E-state index < -0.39 is 0 Å². The Kier molecular flexibility index (Phi) is 2.83. The predicted octanol–water partition coefficient (Wildman–Crippen LogP) is 4.05. The minimum Gasteiger partial charge on any atom is -0.232 e. The van der Waals surface area contributed by atoms with E-state index in [1.165, 1.54) is 43.0 Å². The van der Waals surface area contributed by atoms with Gasteiger partial charge in [-0.1, -0.05) is 15.9 Å². The van der Waals surface area contributed by atoms with Crippen LogP contribution in [-0.2, 0) is 25.7 Å². The van der Waals surface area contributed by atoms with Gasteiger partial charge < -0.3 is 0 Å². The molecule has 0 spiro atoms. The lowest BCUT2D eigenvalue weighted by atomic mass is 10.0. The van der Waals surface area contributed by atoms with E-state index in [2.05, 4.69) is 28.4 Å². The maximum Gasteiger partial charge on any atom is 0.0245 e. The summed E-state index contributed by atoms with van der Waals surface area (Å²) in [5, 5.41) is 0. The Morgan fingerprint density at radius 3 is 1.69 bits per heavy atom. The number of benzene rings is 1. The summed E-state index contributed by atoms with van der Waals surface area (Å²) in [5.41, 5.74) is 6.77. The second-order valence-corrected chi connectivity index (χ2v) is 8.21. The molecule has 0 aromatic heterocycles. The second kappa shape index (κ2) is 4.06. The Hall–Kier alpha value is 0.0500. The van der Waals surface area contributed by atoms with Gasteiger partial charge in [0.15, 0.2) is 0 Å². The van der Waals surface area contributed by atoms with Gasteiger partial charge in [0.2, 0.25) is 0 Å². The molecule has 0 saturated heterocycles. The van der Waals surface area contributed by atoms with Crippen LogP contribution in [0.5, 0.6) is 0 Å². The van der Waals surface area contributed by atoms with Gasteiger partial charge in [0.05, 0.1) is 0 Å². The standard InChI is InChI=1S/C14H19BrS/c1-16(2)14-11-7-3-5-9(11)13(15)10-6-4-8-12(10)14/h16H,3-8H2,1-2H3. The van der Waals surface area contributed by atoms with E-state index in [4.69, 9.17) is 0 Å². The molecule has 0 unspecified atom stereocenters. The molecule has 16 heavy (non-hydrogen) atoms. The van der Waals surface area contributed by atoms with Crippen molar-refractivity contribution in [2.45, 2.75) is 43.4 Å². The Morgan fingerprint density at radius 1 is 0.812 bits per heavy atom. The zero-order valence-electron chi connectivity index (χ0n) is 10.1. The van der Waals surface area contributed by atoms with Crippen LogP contribution in [0, 0.1) is 0 Å². The Bertz CT molecular complexity index is 414. The third-order valence-electron chi connectivity index (χ3n) is 3.98. The van der Waals surface area contributed by atoms with Gasteiger partial charge in [-0.25, -0.2) is 10.9 Å². The summed E-state index contributed by atoms with van der Waals surface area (Å²) < 4.78 is 1.48. The zero-order valence-corrected chi connectivity index (χ0v) is 12.5. The summed E-state index contributed by atoms with van der Waals surface area (Å²) in [6.45, 7) is 0. The maximum absolute atomic E-state index is 3.87. The Labute approximate surface area is 109 Å². The van der Waals surface area contributed by atoms with Crippen LogP contribution in [0.15, 0.2) is 9.37 Å². The minimum atomic E-state index is 0.0656. The molecule has 2 heteroatoms. The van der Waals surface area contributed by atoms with E-state index in [1.54, 1.807) is 27.1 Å². The molecule has 0 bridgehead atoms. The highest BCUT2D eigenvalue weighted by atomic mass is 79.9. The van der Waals surface area contributed by atoms with E-state index >= 15 is 0 Å². The first-order valence-electron chi connectivity index (χ1n) is 6.22. The summed E-state index contributed by atoms with van der Waals surface area (Å²) in [7, 11) is 0.0656. The summed E-state index contributed by atoms with van der Waals surface area (Å²) >= 11 is 3.87. The van der Waals surface area contributed by atoms with Crippen molar-refractivity contribution in [1.29, 1.82) is 0 Å². The molecule has 2 aliphatic carbocycles. The van der Waals surface area contributed by atoms with Crippen molar-refractivity contribution >= 4 is 26.8 Å². The van der Waals surface area contributed by atoms with Crippen LogP contribution in [0.1, 0.15) is 35.1 Å². The van der Waals surface area contributed by atoms with Crippen molar-refractivity contribution in [2.75, 3.05) is 12.5 Å². The van der Waals surface area contributed by atoms with Gasteiger partial charge in [-0.2, -0.15) is 0 Å². The third kappa shape index (κ3) is 1.49. The lowest BCUT2D eigenvalue weighted by Gasteiger charge is -2.22. The normalized spacial score (nSPS) is 18.6. The maximum atomic E-state index is 3.87. The van der Waals surface area contributed by atoms with E-state index in [0.717, 1.165) is 0 Å². The van der Waals surface area contributed by atoms with Gasteiger partial charge >= 0.3 is 0 Å². The number of thiol groups is 1. The fourth-order valence-electron chi connectivity index (χ4n) is 3.40. The summed E-state index contributed by atoms with van der Waals surface area (Å²) in [5.74, 6) is 0.